The smallest absolute Gasteiger partial charge is 0.414 e. The number of halogens is 1. The number of amides is 2. The molecule has 1 aliphatic rings. The summed E-state index contributed by atoms with van der Waals surface area (Å²) in [7, 11) is 0. The third-order valence-corrected chi connectivity index (χ3v) is 5.26. The molecule has 1 saturated heterocycles. The third kappa shape index (κ3) is 4.45. The Balaban J connectivity index is 1.50. The van der Waals surface area contributed by atoms with Crippen LogP contribution in [0, 0.1) is 5.82 Å². The molecular formula is C22H22FN5O4. The minimum absolute atomic E-state index is 0.152. The molecule has 4 rings (SSSR count). The van der Waals surface area contributed by atoms with Gasteiger partial charge in [-0.25, -0.2) is 13.9 Å². The zero-order chi connectivity index (χ0) is 22.7. The molecule has 32 heavy (non-hydrogen) atoms. The number of carbonyl (C=O) groups excluding carboxylic acids is 2. The Morgan fingerprint density at radius 3 is 2.72 bits per heavy atom. The maximum absolute atomic E-state index is 14.9. The molecule has 2 atom stereocenters. The minimum Gasteiger partial charge on any atom is -0.442 e. The first-order valence-electron chi connectivity index (χ1n) is 10.1. The van der Waals surface area contributed by atoms with Gasteiger partial charge in [-0.1, -0.05) is 29.5 Å². The second-order valence-corrected chi connectivity index (χ2v) is 7.42. The average molecular weight is 439 g/mol. The van der Waals surface area contributed by atoms with Gasteiger partial charge in [0.15, 0.2) is 0 Å². The van der Waals surface area contributed by atoms with Crippen LogP contribution in [0.4, 0.5) is 14.9 Å². The minimum atomic E-state index is -0.583. The highest BCUT2D eigenvalue weighted by molar-refractivity contribution is 5.90. The van der Waals surface area contributed by atoms with Crippen molar-refractivity contribution in [2.75, 3.05) is 24.6 Å². The third-order valence-electron chi connectivity index (χ3n) is 5.26. The standard InChI is InChI=1S/C22H22FN5O4/c1-14(30)24-11-18-12-27(22(31)32-18)17-6-7-19(20(23)10-17)15-2-4-16(5-3-15)21(13-29)28-9-8-25-26-28/h2-10,18,21,29H,11-13H2,1H3,(H,24,30). The van der Waals surface area contributed by atoms with Crippen molar-refractivity contribution < 1.29 is 23.8 Å². The molecule has 10 heteroatoms. The Morgan fingerprint density at radius 1 is 1.31 bits per heavy atom. The Hall–Kier alpha value is -3.79. The zero-order valence-corrected chi connectivity index (χ0v) is 17.3. The molecule has 1 aromatic heterocycles. The van der Waals surface area contributed by atoms with Crippen LogP contribution < -0.4 is 10.2 Å². The molecule has 0 radical (unpaired) electrons. The van der Waals surface area contributed by atoms with E-state index in [2.05, 4.69) is 15.6 Å². The largest absolute Gasteiger partial charge is 0.442 e. The van der Waals surface area contributed by atoms with Crippen LogP contribution in [0.2, 0.25) is 0 Å². The number of nitrogens with one attached hydrogen (secondary N) is 1. The molecule has 2 heterocycles. The first-order chi connectivity index (χ1) is 15.5. The van der Waals surface area contributed by atoms with E-state index in [4.69, 9.17) is 4.74 Å². The number of ether oxygens (including phenoxy) is 1. The van der Waals surface area contributed by atoms with Crippen molar-refractivity contribution in [1.82, 2.24) is 20.3 Å². The molecule has 2 unspecified atom stereocenters. The summed E-state index contributed by atoms with van der Waals surface area (Å²) >= 11 is 0. The highest BCUT2D eigenvalue weighted by Gasteiger charge is 2.32. The fourth-order valence-electron chi connectivity index (χ4n) is 3.61. The van der Waals surface area contributed by atoms with Crippen molar-refractivity contribution in [3.05, 3.63) is 66.2 Å². The van der Waals surface area contributed by atoms with Crippen LogP contribution >= 0.6 is 0 Å². The van der Waals surface area contributed by atoms with Gasteiger partial charge in [0.1, 0.15) is 18.0 Å². The van der Waals surface area contributed by atoms with Crippen molar-refractivity contribution in [2.24, 2.45) is 0 Å². The molecule has 166 valence electrons. The molecule has 2 amide bonds. The van der Waals surface area contributed by atoms with Gasteiger partial charge in [0, 0.05) is 18.7 Å². The number of rotatable bonds is 7. The van der Waals surface area contributed by atoms with Gasteiger partial charge in [0.05, 0.1) is 31.6 Å². The highest BCUT2D eigenvalue weighted by Crippen LogP contribution is 2.30. The molecule has 1 fully saturated rings. The van der Waals surface area contributed by atoms with Gasteiger partial charge in [-0.15, -0.1) is 5.10 Å². The molecular weight excluding hydrogens is 417 g/mol. The topological polar surface area (TPSA) is 110 Å². The van der Waals surface area contributed by atoms with E-state index in [1.807, 2.05) is 0 Å². The lowest BCUT2D eigenvalue weighted by Crippen LogP contribution is -2.33. The van der Waals surface area contributed by atoms with E-state index < -0.39 is 18.0 Å². The molecule has 0 saturated carbocycles. The number of aromatic nitrogens is 3. The maximum Gasteiger partial charge on any atom is 0.414 e. The van der Waals surface area contributed by atoms with Gasteiger partial charge in [-0.05, 0) is 29.3 Å². The predicted molar refractivity (Wildman–Crippen MR) is 113 cm³/mol. The maximum atomic E-state index is 14.9. The average Bonchev–Trinajstić information content (AvgIpc) is 3.43. The van der Waals surface area contributed by atoms with Gasteiger partial charge >= 0.3 is 6.09 Å². The second-order valence-electron chi connectivity index (χ2n) is 7.42. The Morgan fingerprint density at radius 2 is 2.09 bits per heavy atom. The molecule has 0 spiro atoms. The van der Waals surface area contributed by atoms with Crippen molar-refractivity contribution in [1.29, 1.82) is 0 Å². The van der Waals surface area contributed by atoms with Crippen molar-refractivity contribution in [2.45, 2.75) is 19.1 Å². The van der Waals surface area contributed by atoms with Gasteiger partial charge < -0.3 is 15.2 Å². The van der Waals surface area contributed by atoms with E-state index in [9.17, 15) is 19.1 Å². The summed E-state index contributed by atoms with van der Waals surface area (Å²) in [6.07, 6.45) is 2.12. The summed E-state index contributed by atoms with van der Waals surface area (Å²) in [5.41, 5.74) is 2.22. The Labute approximate surface area is 183 Å². The highest BCUT2D eigenvalue weighted by atomic mass is 19.1. The number of aliphatic hydroxyl groups excluding tert-OH is 1. The second kappa shape index (κ2) is 9.15. The van der Waals surface area contributed by atoms with Crippen LogP contribution in [-0.2, 0) is 9.53 Å². The number of anilines is 1. The van der Waals surface area contributed by atoms with Crippen molar-refractivity contribution in [3.8, 4) is 11.1 Å². The molecule has 9 nitrogen and oxygen atoms in total. The Kier molecular flexibility index (Phi) is 6.13. The predicted octanol–water partition coefficient (Wildman–Crippen LogP) is 2.13. The van der Waals surface area contributed by atoms with Crippen LogP contribution in [-0.4, -0.2) is 57.9 Å². The van der Waals surface area contributed by atoms with Crippen molar-refractivity contribution in [3.63, 3.8) is 0 Å². The number of hydrogen-bond donors (Lipinski definition) is 2. The molecule has 2 N–H and O–H groups in total. The summed E-state index contributed by atoms with van der Waals surface area (Å²) in [6.45, 7) is 1.65. The molecule has 1 aliphatic heterocycles. The lowest BCUT2D eigenvalue weighted by atomic mass is 10.00. The number of cyclic esters (lactones) is 1. The number of hydrogen-bond acceptors (Lipinski definition) is 6. The summed E-state index contributed by atoms with van der Waals surface area (Å²) in [5.74, 6) is -0.698. The quantitative estimate of drug-likeness (QED) is 0.584. The van der Waals surface area contributed by atoms with E-state index in [0.29, 0.717) is 16.8 Å². The summed E-state index contributed by atoms with van der Waals surface area (Å²) in [4.78, 5) is 24.6. The normalized spacial score (nSPS) is 16.7. The van der Waals surface area contributed by atoms with Gasteiger partial charge in [-0.2, -0.15) is 0 Å². The van der Waals surface area contributed by atoms with Crippen LogP contribution in [0.15, 0.2) is 54.9 Å². The molecule has 0 bridgehead atoms. The van der Waals surface area contributed by atoms with E-state index in [-0.39, 0.29) is 31.6 Å². The van der Waals surface area contributed by atoms with Gasteiger partial charge in [-0.3, -0.25) is 9.69 Å². The summed E-state index contributed by atoms with van der Waals surface area (Å²) in [5, 5.41) is 20.0. The molecule has 2 aromatic carbocycles. The van der Waals surface area contributed by atoms with E-state index >= 15 is 0 Å². The fourth-order valence-corrected chi connectivity index (χ4v) is 3.61. The fraction of sp³-hybridized carbons (Fsp3) is 0.273. The van der Waals surface area contributed by atoms with Crippen LogP contribution in [0.25, 0.3) is 11.1 Å². The lowest BCUT2D eigenvalue weighted by molar-refractivity contribution is -0.119. The van der Waals surface area contributed by atoms with E-state index in [1.165, 1.54) is 24.1 Å². The molecule has 0 aliphatic carbocycles. The number of nitrogens with zero attached hydrogens (tertiary/aromatic N) is 4. The first-order valence-corrected chi connectivity index (χ1v) is 10.1. The van der Waals surface area contributed by atoms with Gasteiger partial charge in [0.2, 0.25) is 5.91 Å². The number of aliphatic hydroxyl groups is 1. The summed E-state index contributed by atoms with van der Waals surface area (Å²) in [6, 6.07) is 11.3. The monoisotopic (exact) mass is 439 g/mol. The first kappa shape index (κ1) is 21.4. The van der Waals surface area contributed by atoms with Crippen LogP contribution in [0.5, 0.6) is 0 Å². The SMILES string of the molecule is CC(=O)NCC1CN(c2ccc(-c3ccc(C(CO)n4ccnn4)cc3)c(F)c2)C(=O)O1. The number of benzene rings is 2. The lowest BCUT2D eigenvalue weighted by Gasteiger charge is -2.16. The summed E-state index contributed by atoms with van der Waals surface area (Å²) < 4.78 is 21.7. The Bertz CT molecular complexity index is 1100. The molecule has 3 aromatic rings. The van der Waals surface area contributed by atoms with E-state index in [1.54, 1.807) is 47.3 Å². The number of carbonyl (C=O) groups is 2. The van der Waals surface area contributed by atoms with Crippen LogP contribution in [0.3, 0.4) is 0 Å². The van der Waals surface area contributed by atoms with Gasteiger partial charge in [0.25, 0.3) is 0 Å². The van der Waals surface area contributed by atoms with Crippen LogP contribution in [0.1, 0.15) is 18.5 Å². The van der Waals surface area contributed by atoms with Crippen molar-refractivity contribution >= 4 is 17.7 Å². The zero-order valence-electron chi connectivity index (χ0n) is 17.3. The van der Waals surface area contributed by atoms with E-state index in [0.717, 1.165) is 5.56 Å².